The molecule has 1 aromatic rings. The maximum absolute atomic E-state index is 9.52. The minimum atomic E-state index is 0.0973. The zero-order valence-electron chi connectivity index (χ0n) is 12.1. The van der Waals surface area contributed by atoms with Gasteiger partial charge >= 0.3 is 0 Å². The second kappa shape index (κ2) is 6.68. The summed E-state index contributed by atoms with van der Waals surface area (Å²) < 4.78 is 5.19. The van der Waals surface area contributed by atoms with E-state index in [9.17, 15) is 5.11 Å². The van der Waals surface area contributed by atoms with Crippen LogP contribution < -0.4 is 4.90 Å². The van der Waals surface area contributed by atoms with Crippen LogP contribution in [0, 0.1) is 0 Å². The summed E-state index contributed by atoms with van der Waals surface area (Å²) in [6, 6.07) is 0.623. The Morgan fingerprint density at radius 3 is 2.79 bits per heavy atom. The molecule has 1 aromatic heterocycles. The first kappa shape index (κ1) is 14.8. The minimum Gasteiger partial charge on any atom is -0.391 e. The first-order valence-electron chi connectivity index (χ1n) is 7.07. The van der Waals surface area contributed by atoms with Crippen LogP contribution in [0.3, 0.4) is 0 Å². The fraction of sp³-hybridized carbons (Fsp3) is 0.786. The second-order valence-electron chi connectivity index (χ2n) is 5.19. The van der Waals surface area contributed by atoms with E-state index >= 15 is 0 Å². The smallest absolute Gasteiger partial charge is 0.186 e. The topological polar surface area (TPSA) is 45.6 Å². The molecule has 0 bridgehead atoms. The molecule has 4 nitrogen and oxygen atoms in total. The van der Waals surface area contributed by atoms with Crippen molar-refractivity contribution in [1.82, 2.24) is 4.98 Å². The number of ether oxygens (including phenoxy) is 1. The average molecular weight is 284 g/mol. The molecule has 1 fully saturated rings. The lowest BCUT2D eigenvalue weighted by Gasteiger charge is -2.20. The lowest BCUT2D eigenvalue weighted by Crippen LogP contribution is -2.29. The molecule has 0 aromatic carbocycles. The van der Waals surface area contributed by atoms with E-state index in [2.05, 4.69) is 18.7 Å². The summed E-state index contributed by atoms with van der Waals surface area (Å²) in [6.45, 7) is 6.05. The number of thiazole rings is 1. The van der Waals surface area contributed by atoms with Crippen LogP contribution in [0.15, 0.2) is 0 Å². The molecule has 5 heteroatoms. The van der Waals surface area contributed by atoms with Crippen molar-refractivity contribution in [2.45, 2.75) is 51.7 Å². The van der Waals surface area contributed by atoms with Crippen LogP contribution in [-0.2, 0) is 11.3 Å². The van der Waals surface area contributed by atoms with E-state index in [0.29, 0.717) is 12.0 Å². The molecule has 1 unspecified atom stereocenters. The molecule has 1 heterocycles. The third kappa shape index (κ3) is 3.46. The van der Waals surface area contributed by atoms with Gasteiger partial charge in [-0.1, -0.05) is 25.2 Å². The highest BCUT2D eigenvalue weighted by molar-refractivity contribution is 7.15. The summed E-state index contributed by atoms with van der Waals surface area (Å²) in [6.07, 6.45) is 3.55. The molecular formula is C14H24N2O2S. The molecule has 2 rings (SSSR count). The van der Waals surface area contributed by atoms with E-state index in [1.807, 2.05) is 0 Å². The standard InChI is InChI=1S/C14H24N2O2S/c1-4-10(2)13-12(9-17)19-14(15-13)16(7-8-18-3)11-5-6-11/h10-11,17H,4-9H2,1-3H3. The Morgan fingerprint density at radius 2 is 2.26 bits per heavy atom. The Morgan fingerprint density at radius 1 is 1.53 bits per heavy atom. The largest absolute Gasteiger partial charge is 0.391 e. The third-order valence-electron chi connectivity index (χ3n) is 3.71. The second-order valence-corrected chi connectivity index (χ2v) is 6.25. The number of aliphatic hydroxyl groups excluding tert-OH is 1. The zero-order chi connectivity index (χ0) is 13.8. The molecule has 0 saturated heterocycles. The van der Waals surface area contributed by atoms with Gasteiger partial charge in [0.15, 0.2) is 5.13 Å². The molecule has 1 aliphatic rings. The number of hydrogen-bond donors (Lipinski definition) is 1. The first-order valence-corrected chi connectivity index (χ1v) is 7.88. The number of aromatic nitrogens is 1. The van der Waals surface area contributed by atoms with Gasteiger partial charge in [-0.3, -0.25) is 0 Å². The van der Waals surface area contributed by atoms with Gasteiger partial charge in [0.1, 0.15) is 0 Å². The SMILES string of the molecule is CCC(C)c1nc(N(CCOC)C2CC2)sc1CO. The van der Waals surface area contributed by atoms with Gasteiger partial charge in [-0.2, -0.15) is 0 Å². The van der Waals surface area contributed by atoms with Crippen LogP contribution in [0.25, 0.3) is 0 Å². The zero-order valence-corrected chi connectivity index (χ0v) is 12.9. The molecule has 0 amide bonds. The molecule has 108 valence electrons. The molecule has 1 atom stereocenters. The third-order valence-corrected chi connectivity index (χ3v) is 4.80. The number of aliphatic hydroxyl groups is 1. The quantitative estimate of drug-likeness (QED) is 0.797. The molecule has 19 heavy (non-hydrogen) atoms. The number of rotatable bonds is 8. The molecule has 1 N–H and O–H groups in total. The van der Waals surface area contributed by atoms with Crippen LogP contribution >= 0.6 is 11.3 Å². The summed E-state index contributed by atoms with van der Waals surface area (Å²) in [5.41, 5.74) is 1.08. The van der Waals surface area contributed by atoms with Crippen molar-refractivity contribution in [3.63, 3.8) is 0 Å². The van der Waals surface area contributed by atoms with E-state index in [1.165, 1.54) is 12.8 Å². The van der Waals surface area contributed by atoms with Crippen molar-refractivity contribution in [1.29, 1.82) is 0 Å². The van der Waals surface area contributed by atoms with Gasteiger partial charge in [0.05, 0.1) is 23.8 Å². The van der Waals surface area contributed by atoms with Crippen molar-refractivity contribution in [2.75, 3.05) is 25.2 Å². The molecular weight excluding hydrogens is 260 g/mol. The Labute approximate surface area is 119 Å². The van der Waals surface area contributed by atoms with E-state index in [-0.39, 0.29) is 6.61 Å². The first-order chi connectivity index (χ1) is 9.21. The van der Waals surface area contributed by atoms with E-state index in [0.717, 1.165) is 35.3 Å². The normalized spacial score (nSPS) is 16.6. The Kier molecular flexibility index (Phi) is 5.19. The fourth-order valence-electron chi connectivity index (χ4n) is 2.18. The monoisotopic (exact) mass is 284 g/mol. The predicted molar refractivity (Wildman–Crippen MR) is 79.0 cm³/mol. The van der Waals surface area contributed by atoms with Crippen molar-refractivity contribution in [3.05, 3.63) is 10.6 Å². The van der Waals surface area contributed by atoms with Gasteiger partial charge < -0.3 is 14.7 Å². The Hall–Kier alpha value is -0.650. The number of methoxy groups -OCH3 is 1. The van der Waals surface area contributed by atoms with E-state index in [1.54, 1.807) is 18.4 Å². The van der Waals surface area contributed by atoms with Crippen molar-refractivity contribution in [3.8, 4) is 0 Å². The number of hydrogen-bond acceptors (Lipinski definition) is 5. The van der Waals surface area contributed by atoms with Gasteiger partial charge in [0, 0.05) is 19.7 Å². The maximum atomic E-state index is 9.52. The highest BCUT2D eigenvalue weighted by atomic mass is 32.1. The average Bonchev–Trinajstić information content (AvgIpc) is 3.17. The fourth-order valence-corrected chi connectivity index (χ4v) is 3.31. The molecule has 0 radical (unpaired) electrons. The molecule has 0 aliphatic heterocycles. The minimum absolute atomic E-state index is 0.0973. The van der Waals surface area contributed by atoms with Crippen LogP contribution in [0.2, 0.25) is 0 Å². The summed E-state index contributed by atoms with van der Waals surface area (Å²) in [4.78, 5) is 8.16. The van der Waals surface area contributed by atoms with Crippen LogP contribution in [0.5, 0.6) is 0 Å². The Bertz CT molecular complexity index is 404. The predicted octanol–water partition coefficient (Wildman–Crippen LogP) is 2.76. The van der Waals surface area contributed by atoms with Gasteiger partial charge in [-0.15, -0.1) is 0 Å². The summed E-state index contributed by atoms with van der Waals surface area (Å²) >= 11 is 1.64. The summed E-state index contributed by atoms with van der Waals surface area (Å²) in [7, 11) is 1.73. The number of anilines is 1. The van der Waals surface area contributed by atoms with Crippen molar-refractivity contribution in [2.24, 2.45) is 0 Å². The summed E-state index contributed by atoms with van der Waals surface area (Å²) in [5.74, 6) is 0.413. The highest BCUT2D eigenvalue weighted by Gasteiger charge is 2.31. The summed E-state index contributed by atoms with van der Waals surface area (Å²) in [5, 5.41) is 10.6. The lowest BCUT2D eigenvalue weighted by molar-refractivity contribution is 0.205. The lowest BCUT2D eigenvalue weighted by atomic mass is 10.0. The van der Waals surface area contributed by atoms with E-state index < -0.39 is 0 Å². The van der Waals surface area contributed by atoms with Crippen LogP contribution in [0.1, 0.15) is 49.6 Å². The molecule has 1 saturated carbocycles. The van der Waals surface area contributed by atoms with Crippen LogP contribution in [-0.4, -0.2) is 36.4 Å². The van der Waals surface area contributed by atoms with Crippen molar-refractivity contribution >= 4 is 16.5 Å². The maximum Gasteiger partial charge on any atom is 0.186 e. The van der Waals surface area contributed by atoms with Gasteiger partial charge in [0.2, 0.25) is 0 Å². The van der Waals surface area contributed by atoms with Gasteiger partial charge in [-0.25, -0.2) is 4.98 Å². The molecule has 0 spiro atoms. The number of nitrogens with zero attached hydrogens (tertiary/aromatic N) is 2. The van der Waals surface area contributed by atoms with E-state index in [4.69, 9.17) is 9.72 Å². The van der Waals surface area contributed by atoms with Crippen molar-refractivity contribution < 1.29 is 9.84 Å². The van der Waals surface area contributed by atoms with Crippen LogP contribution in [0.4, 0.5) is 5.13 Å². The molecule has 1 aliphatic carbocycles. The van der Waals surface area contributed by atoms with Gasteiger partial charge in [-0.05, 0) is 25.2 Å². The Balaban J connectivity index is 2.19. The highest BCUT2D eigenvalue weighted by Crippen LogP contribution is 2.37. The van der Waals surface area contributed by atoms with Gasteiger partial charge in [0.25, 0.3) is 0 Å².